The normalized spacial score (nSPS) is 14.2. The summed E-state index contributed by atoms with van der Waals surface area (Å²) in [5.41, 5.74) is 1.70. The van der Waals surface area contributed by atoms with Gasteiger partial charge in [0, 0.05) is 11.6 Å². The molecule has 134 valence electrons. The number of hydrogen-bond acceptors (Lipinski definition) is 6. The number of ketones is 1. The highest BCUT2D eigenvalue weighted by molar-refractivity contribution is 6.16. The van der Waals surface area contributed by atoms with Crippen LogP contribution in [0.4, 0.5) is 0 Å². The number of aromatic hydroxyl groups is 4. The molecule has 2 aromatic rings. The summed E-state index contributed by atoms with van der Waals surface area (Å²) in [5, 5.41) is 39.5. The van der Waals surface area contributed by atoms with Gasteiger partial charge in [0.1, 0.15) is 22.8 Å². The number of allylic oxidation sites excluding steroid dienone is 3. The highest BCUT2D eigenvalue weighted by Crippen LogP contribution is 2.44. The SMILES string of the molecule is CC(C)=CCc1c(O)cc2c(c1O)C(=O)/C(=C/c1ccc(O)c(O)c1)O2. The van der Waals surface area contributed by atoms with E-state index in [1.165, 1.54) is 30.3 Å². The van der Waals surface area contributed by atoms with Crippen LogP contribution in [0.2, 0.25) is 0 Å². The molecule has 0 fully saturated rings. The zero-order valence-corrected chi connectivity index (χ0v) is 14.3. The molecule has 0 atom stereocenters. The maximum absolute atomic E-state index is 12.6. The summed E-state index contributed by atoms with van der Waals surface area (Å²) >= 11 is 0. The predicted molar refractivity (Wildman–Crippen MR) is 95.6 cm³/mol. The van der Waals surface area contributed by atoms with E-state index in [9.17, 15) is 25.2 Å². The molecule has 6 heteroatoms. The molecule has 0 saturated heterocycles. The van der Waals surface area contributed by atoms with Crippen molar-refractivity contribution in [3.05, 3.63) is 58.4 Å². The molecule has 0 unspecified atom stereocenters. The van der Waals surface area contributed by atoms with Gasteiger partial charge in [0.2, 0.25) is 5.78 Å². The summed E-state index contributed by atoms with van der Waals surface area (Å²) in [7, 11) is 0. The standard InChI is InChI=1S/C20H18O6/c1-10(2)3-5-12-14(22)9-16-18(19(12)24)20(25)17(26-16)8-11-4-6-13(21)15(23)7-11/h3-4,6-9,21-24H,5H2,1-2H3/b17-8-. The number of ether oxygens (including phenoxy) is 1. The number of phenolic OH excluding ortho intramolecular Hbond substituents is 4. The number of benzene rings is 2. The Labute approximate surface area is 149 Å². The van der Waals surface area contributed by atoms with Crippen molar-refractivity contribution in [1.29, 1.82) is 0 Å². The summed E-state index contributed by atoms with van der Waals surface area (Å²) in [5.74, 6) is -1.58. The molecule has 0 bridgehead atoms. The van der Waals surface area contributed by atoms with Gasteiger partial charge >= 0.3 is 0 Å². The van der Waals surface area contributed by atoms with Crippen LogP contribution in [0, 0.1) is 0 Å². The Morgan fingerprint density at radius 1 is 1.04 bits per heavy atom. The zero-order valence-electron chi connectivity index (χ0n) is 14.3. The summed E-state index contributed by atoms with van der Waals surface area (Å²) in [6.07, 6.45) is 3.50. The van der Waals surface area contributed by atoms with Crippen molar-refractivity contribution in [2.75, 3.05) is 0 Å². The molecule has 0 aliphatic carbocycles. The Balaban J connectivity index is 2.01. The van der Waals surface area contributed by atoms with E-state index in [1.54, 1.807) is 0 Å². The minimum absolute atomic E-state index is 0.00536. The predicted octanol–water partition coefficient (Wildman–Crippen LogP) is 3.63. The smallest absolute Gasteiger partial charge is 0.235 e. The number of fused-ring (bicyclic) bond motifs is 1. The van der Waals surface area contributed by atoms with Crippen molar-refractivity contribution in [2.45, 2.75) is 20.3 Å². The first-order chi connectivity index (χ1) is 12.3. The fourth-order valence-corrected chi connectivity index (χ4v) is 2.64. The lowest BCUT2D eigenvalue weighted by atomic mass is 10.0. The lowest BCUT2D eigenvalue weighted by molar-refractivity contribution is 0.101. The van der Waals surface area contributed by atoms with Gasteiger partial charge in [-0.25, -0.2) is 0 Å². The summed E-state index contributed by atoms with van der Waals surface area (Å²) in [6, 6.07) is 5.37. The second kappa shape index (κ2) is 6.48. The lowest BCUT2D eigenvalue weighted by Crippen LogP contribution is -1.99. The molecular formula is C20H18O6. The Morgan fingerprint density at radius 2 is 1.77 bits per heavy atom. The average Bonchev–Trinajstić information content (AvgIpc) is 2.86. The molecule has 1 heterocycles. The van der Waals surface area contributed by atoms with Crippen LogP contribution in [0.1, 0.15) is 35.3 Å². The van der Waals surface area contributed by atoms with Gasteiger partial charge in [0.25, 0.3) is 0 Å². The van der Waals surface area contributed by atoms with E-state index in [1.807, 2.05) is 19.9 Å². The molecular weight excluding hydrogens is 336 g/mol. The Hall–Kier alpha value is -3.41. The van der Waals surface area contributed by atoms with Crippen molar-refractivity contribution in [3.63, 3.8) is 0 Å². The van der Waals surface area contributed by atoms with E-state index in [2.05, 4.69) is 0 Å². The topological polar surface area (TPSA) is 107 Å². The molecule has 2 aromatic carbocycles. The van der Waals surface area contributed by atoms with Crippen LogP contribution in [-0.2, 0) is 6.42 Å². The largest absolute Gasteiger partial charge is 0.507 e. The minimum atomic E-state index is -0.525. The third kappa shape index (κ3) is 3.09. The molecule has 4 N–H and O–H groups in total. The van der Waals surface area contributed by atoms with Crippen molar-refractivity contribution < 1.29 is 30.0 Å². The van der Waals surface area contributed by atoms with E-state index >= 15 is 0 Å². The van der Waals surface area contributed by atoms with Crippen molar-refractivity contribution >= 4 is 11.9 Å². The van der Waals surface area contributed by atoms with E-state index in [0.717, 1.165) is 5.57 Å². The molecule has 0 amide bonds. The fourth-order valence-electron chi connectivity index (χ4n) is 2.64. The van der Waals surface area contributed by atoms with Crippen LogP contribution in [0.15, 0.2) is 41.7 Å². The molecule has 0 radical (unpaired) electrons. The van der Waals surface area contributed by atoms with Crippen LogP contribution in [0.5, 0.6) is 28.7 Å². The molecule has 6 nitrogen and oxygen atoms in total. The van der Waals surface area contributed by atoms with E-state index in [0.29, 0.717) is 5.56 Å². The summed E-state index contributed by atoms with van der Waals surface area (Å²) in [6.45, 7) is 3.78. The Bertz CT molecular complexity index is 965. The monoisotopic (exact) mass is 354 g/mol. The number of carbonyl (C=O) groups excluding carboxylic acids is 1. The number of Topliss-reactive ketones (excluding diaryl/α,β-unsaturated/α-hetero) is 1. The van der Waals surface area contributed by atoms with E-state index in [4.69, 9.17) is 4.74 Å². The highest BCUT2D eigenvalue weighted by atomic mass is 16.5. The maximum Gasteiger partial charge on any atom is 0.235 e. The van der Waals surface area contributed by atoms with Gasteiger partial charge in [-0.05, 0) is 44.0 Å². The second-order valence-corrected chi connectivity index (χ2v) is 6.27. The molecule has 1 aliphatic heterocycles. The second-order valence-electron chi connectivity index (χ2n) is 6.27. The first-order valence-electron chi connectivity index (χ1n) is 7.95. The number of rotatable bonds is 3. The number of phenols is 4. The first-order valence-corrected chi connectivity index (χ1v) is 7.95. The van der Waals surface area contributed by atoms with E-state index in [-0.39, 0.29) is 52.1 Å². The summed E-state index contributed by atoms with van der Waals surface area (Å²) in [4.78, 5) is 12.6. The van der Waals surface area contributed by atoms with Gasteiger partial charge in [-0.2, -0.15) is 0 Å². The lowest BCUT2D eigenvalue weighted by Gasteiger charge is -2.08. The van der Waals surface area contributed by atoms with Crippen molar-refractivity contribution in [3.8, 4) is 28.7 Å². The first kappa shape index (κ1) is 17.4. The van der Waals surface area contributed by atoms with Gasteiger partial charge in [0.15, 0.2) is 17.3 Å². The fraction of sp³-hybridized carbons (Fsp3) is 0.150. The number of carbonyl (C=O) groups is 1. The van der Waals surface area contributed by atoms with Crippen LogP contribution in [0.25, 0.3) is 6.08 Å². The Kier molecular flexibility index (Phi) is 4.34. The Morgan fingerprint density at radius 3 is 2.42 bits per heavy atom. The quantitative estimate of drug-likeness (QED) is 0.381. The zero-order chi connectivity index (χ0) is 19.0. The summed E-state index contributed by atoms with van der Waals surface area (Å²) < 4.78 is 5.47. The van der Waals surface area contributed by atoms with Crippen LogP contribution in [-0.4, -0.2) is 26.2 Å². The third-order valence-electron chi connectivity index (χ3n) is 4.03. The molecule has 0 saturated carbocycles. The van der Waals surface area contributed by atoms with Crippen molar-refractivity contribution in [1.82, 2.24) is 0 Å². The average molecular weight is 354 g/mol. The van der Waals surface area contributed by atoms with E-state index < -0.39 is 5.78 Å². The highest BCUT2D eigenvalue weighted by Gasteiger charge is 2.33. The maximum atomic E-state index is 12.6. The van der Waals surface area contributed by atoms with Gasteiger partial charge in [-0.1, -0.05) is 17.7 Å². The molecule has 1 aliphatic rings. The third-order valence-corrected chi connectivity index (χ3v) is 4.03. The van der Waals surface area contributed by atoms with Gasteiger partial charge < -0.3 is 25.2 Å². The molecule has 0 spiro atoms. The molecule has 3 rings (SSSR count). The van der Waals surface area contributed by atoms with Gasteiger partial charge in [-0.15, -0.1) is 0 Å². The molecule has 26 heavy (non-hydrogen) atoms. The van der Waals surface area contributed by atoms with Gasteiger partial charge in [-0.3, -0.25) is 4.79 Å². The molecule has 0 aromatic heterocycles. The van der Waals surface area contributed by atoms with Crippen LogP contribution in [0.3, 0.4) is 0 Å². The van der Waals surface area contributed by atoms with Crippen LogP contribution >= 0.6 is 0 Å². The van der Waals surface area contributed by atoms with Crippen molar-refractivity contribution in [2.24, 2.45) is 0 Å². The van der Waals surface area contributed by atoms with Gasteiger partial charge in [0.05, 0.1) is 0 Å². The van der Waals surface area contributed by atoms with Crippen LogP contribution < -0.4 is 4.74 Å². The number of hydrogen-bond donors (Lipinski definition) is 4. The minimum Gasteiger partial charge on any atom is -0.507 e.